The first-order valence-electron chi connectivity index (χ1n) is 7.17. The quantitative estimate of drug-likeness (QED) is 0.649. The molecule has 0 spiro atoms. The van der Waals surface area contributed by atoms with Crippen LogP contribution >= 0.6 is 0 Å². The average molecular weight is 279 g/mol. The zero-order valence-electron chi connectivity index (χ0n) is 13.0. The summed E-state index contributed by atoms with van der Waals surface area (Å²) in [7, 11) is 0. The van der Waals surface area contributed by atoms with Crippen LogP contribution in [0.1, 0.15) is 45.0 Å². The van der Waals surface area contributed by atoms with Crippen LogP contribution in [0, 0.1) is 6.92 Å². The fourth-order valence-corrected chi connectivity index (χ4v) is 2.40. The van der Waals surface area contributed by atoms with Gasteiger partial charge in [-0.05, 0) is 20.8 Å². The maximum absolute atomic E-state index is 5.69. The number of anilines is 2. The van der Waals surface area contributed by atoms with Gasteiger partial charge in [0, 0.05) is 18.0 Å². The van der Waals surface area contributed by atoms with Gasteiger partial charge < -0.3 is 15.1 Å². The average Bonchev–Trinajstić information content (AvgIpc) is 2.41. The van der Waals surface area contributed by atoms with E-state index in [-0.39, 0.29) is 12.0 Å². The number of nitrogen functional groups attached to an aromatic ring is 1. The maximum atomic E-state index is 5.69. The van der Waals surface area contributed by atoms with Crippen molar-refractivity contribution in [1.82, 2.24) is 9.97 Å². The molecular formula is C14H25N5O. The Morgan fingerprint density at radius 1 is 1.35 bits per heavy atom. The SMILES string of the molecule is Cc1c(NN)nc(C(C)C)nc1N1CC(C)OCC1C. The number of hydrazine groups is 1. The Balaban J connectivity index is 2.45. The lowest BCUT2D eigenvalue weighted by atomic mass is 10.1. The minimum absolute atomic E-state index is 0.206. The highest BCUT2D eigenvalue weighted by Crippen LogP contribution is 2.28. The van der Waals surface area contributed by atoms with E-state index in [2.05, 4.69) is 43.0 Å². The van der Waals surface area contributed by atoms with Crippen LogP contribution in [0.25, 0.3) is 0 Å². The highest BCUT2D eigenvalue weighted by atomic mass is 16.5. The molecule has 1 aromatic heterocycles. The van der Waals surface area contributed by atoms with Crippen molar-refractivity contribution in [2.24, 2.45) is 5.84 Å². The summed E-state index contributed by atoms with van der Waals surface area (Å²) in [6, 6.07) is 0.297. The van der Waals surface area contributed by atoms with Gasteiger partial charge in [-0.15, -0.1) is 0 Å². The largest absolute Gasteiger partial charge is 0.375 e. The van der Waals surface area contributed by atoms with Crippen molar-refractivity contribution >= 4 is 11.6 Å². The molecule has 1 aliphatic heterocycles. The summed E-state index contributed by atoms with van der Waals surface area (Å²) in [6.45, 7) is 12.0. The highest BCUT2D eigenvalue weighted by Gasteiger charge is 2.27. The summed E-state index contributed by atoms with van der Waals surface area (Å²) in [4.78, 5) is 11.5. The Labute approximate surface area is 120 Å². The van der Waals surface area contributed by atoms with Gasteiger partial charge in [0.1, 0.15) is 17.5 Å². The van der Waals surface area contributed by atoms with Gasteiger partial charge in [-0.25, -0.2) is 15.8 Å². The van der Waals surface area contributed by atoms with Gasteiger partial charge in [-0.2, -0.15) is 0 Å². The van der Waals surface area contributed by atoms with E-state index in [0.29, 0.717) is 18.5 Å². The molecule has 112 valence electrons. The van der Waals surface area contributed by atoms with E-state index in [1.165, 1.54) is 0 Å². The van der Waals surface area contributed by atoms with Crippen LogP contribution in [0.2, 0.25) is 0 Å². The lowest BCUT2D eigenvalue weighted by Gasteiger charge is -2.38. The number of hydrogen-bond donors (Lipinski definition) is 2. The third kappa shape index (κ3) is 2.86. The fourth-order valence-electron chi connectivity index (χ4n) is 2.40. The van der Waals surface area contributed by atoms with E-state index in [0.717, 1.165) is 23.8 Å². The molecule has 2 unspecified atom stereocenters. The monoisotopic (exact) mass is 279 g/mol. The normalized spacial score (nSPS) is 23.2. The van der Waals surface area contributed by atoms with Crippen LogP contribution < -0.4 is 16.2 Å². The zero-order chi connectivity index (χ0) is 14.9. The Kier molecular flexibility index (Phi) is 4.45. The lowest BCUT2D eigenvalue weighted by molar-refractivity contribution is 0.0340. The number of aromatic nitrogens is 2. The second-order valence-corrected chi connectivity index (χ2v) is 5.82. The maximum Gasteiger partial charge on any atom is 0.148 e. The van der Waals surface area contributed by atoms with Gasteiger partial charge in [0.05, 0.1) is 18.8 Å². The third-order valence-corrected chi connectivity index (χ3v) is 3.67. The second-order valence-electron chi connectivity index (χ2n) is 5.82. The second kappa shape index (κ2) is 5.93. The number of morpholine rings is 1. The third-order valence-electron chi connectivity index (χ3n) is 3.67. The Morgan fingerprint density at radius 2 is 2.05 bits per heavy atom. The minimum atomic E-state index is 0.206. The molecule has 0 aliphatic carbocycles. The van der Waals surface area contributed by atoms with E-state index in [1.54, 1.807) is 0 Å². The van der Waals surface area contributed by atoms with Gasteiger partial charge in [0.15, 0.2) is 0 Å². The van der Waals surface area contributed by atoms with Gasteiger partial charge in [0.25, 0.3) is 0 Å². The van der Waals surface area contributed by atoms with E-state index in [9.17, 15) is 0 Å². The summed E-state index contributed by atoms with van der Waals surface area (Å²) in [6.07, 6.45) is 0.206. The number of ether oxygens (including phenoxy) is 1. The molecule has 6 nitrogen and oxygen atoms in total. The highest BCUT2D eigenvalue weighted by molar-refractivity contribution is 5.59. The molecule has 3 N–H and O–H groups in total. The number of hydrogen-bond acceptors (Lipinski definition) is 6. The molecule has 0 saturated carbocycles. The summed E-state index contributed by atoms with van der Waals surface area (Å²) < 4.78 is 5.69. The topological polar surface area (TPSA) is 76.3 Å². The molecular weight excluding hydrogens is 254 g/mol. The van der Waals surface area contributed by atoms with Crippen LogP contribution in [0.4, 0.5) is 11.6 Å². The van der Waals surface area contributed by atoms with Crippen molar-refractivity contribution in [3.05, 3.63) is 11.4 Å². The van der Waals surface area contributed by atoms with Crippen molar-refractivity contribution in [1.29, 1.82) is 0 Å². The van der Waals surface area contributed by atoms with Gasteiger partial charge in [-0.1, -0.05) is 13.8 Å². The van der Waals surface area contributed by atoms with E-state index >= 15 is 0 Å². The van der Waals surface area contributed by atoms with Crippen molar-refractivity contribution in [2.45, 2.75) is 52.7 Å². The van der Waals surface area contributed by atoms with Crippen LogP contribution in [-0.4, -0.2) is 35.3 Å². The molecule has 20 heavy (non-hydrogen) atoms. The first-order chi connectivity index (χ1) is 9.43. The van der Waals surface area contributed by atoms with Crippen molar-refractivity contribution in [2.75, 3.05) is 23.5 Å². The summed E-state index contributed by atoms with van der Waals surface area (Å²) in [5, 5.41) is 0. The zero-order valence-corrected chi connectivity index (χ0v) is 13.0. The van der Waals surface area contributed by atoms with Gasteiger partial charge in [0.2, 0.25) is 0 Å². The molecule has 6 heteroatoms. The van der Waals surface area contributed by atoms with E-state index < -0.39 is 0 Å². The Morgan fingerprint density at radius 3 is 2.65 bits per heavy atom. The summed E-state index contributed by atoms with van der Waals surface area (Å²) in [5.74, 6) is 8.32. The summed E-state index contributed by atoms with van der Waals surface area (Å²) >= 11 is 0. The number of rotatable bonds is 3. The molecule has 0 radical (unpaired) electrons. The van der Waals surface area contributed by atoms with Crippen LogP contribution in [0.3, 0.4) is 0 Å². The molecule has 2 heterocycles. The van der Waals surface area contributed by atoms with E-state index in [1.807, 2.05) is 6.92 Å². The number of nitrogens with two attached hydrogens (primary N) is 1. The molecule has 1 aliphatic rings. The molecule has 2 atom stereocenters. The molecule has 0 bridgehead atoms. The molecule has 1 fully saturated rings. The molecule has 1 aromatic rings. The number of nitrogens with one attached hydrogen (secondary N) is 1. The van der Waals surface area contributed by atoms with E-state index in [4.69, 9.17) is 15.6 Å². The first kappa shape index (κ1) is 15.0. The Hall–Kier alpha value is -1.40. The van der Waals surface area contributed by atoms with Crippen LogP contribution in [-0.2, 0) is 4.74 Å². The smallest absolute Gasteiger partial charge is 0.148 e. The lowest BCUT2D eigenvalue weighted by Crippen LogP contribution is -2.48. The minimum Gasteiger partial charge on any atom is -0.375 e. The summed E-state index contributed by atoms with van der Waals surface area (Å²) in [5.41, 5.74) is 3.67. The van der Waals surface area contributed by atoms with Gasteiger partial charge in [-0.3, -0.25) is 0 Å². The predicted molar refractivity (Wildman–Crippen MR) is 80.9 cm³/mol. The fraction of sp³-hybridized carbons (Fsp3) is 0.714. The van der Waals surface area contributed by atoms with Crippen molar-refractivity contribution < 1.29 is 4.74 Å². The molecule has 0 amide bonds. The standard InChI is InChI=1S/C14H25N5O/c1-8(2)12-16-13(18-15)11(5)14(17-12)19-6-10(4)20-7-9(19)3/h8-10H,6-7,15H2,1-5H3,(H,16,17,18). The molecule has 0 aromatic carbocycles. The van der Waals surface area contributed by atoms with Crippen molar-refractivity contribution in [3.8, 4) is 0 Å². The first-order valence-corrected chi connectivity index (χ1v) is 7.17. The predicted octanol–water partition coefficient (Wildman–Crippen LogP) is 1.81. The molecule has 1 saturated heterocycles. The Bertz CT molecular complexity index is 477. The number of nitrogens with zero attached hydrogens (tertiary/aromatic N) is 3. The van der Waals surface area contributed by atoms with Crippen LogP contribution in [0.15, 0.2) is 0 Å². The van der Waals surface area contributed by atoms with Crippen LogP contribution in [0.5, 0.6) is 0 Å². The van der Waals surface area contributed by atoms with Gasteiger partial charge >= 0.3 is 0 Å². The van der Waals surface area contributed by atoms with Crippen molar-refractivity contribution in [3.63, 3.8) is 0 Å². The molecule has 2 rings (SSSR count).